The van der Waals surface area contributed by atoms with Crippen LogP contribution in [0.3, 0.4) is 0 Å². The van der Waals surface area contributed by atoms with Gasteiger partial charge in [-0.2, -0.15) is 0 Å². The number of carbonyl (C=O) groups excluding carboxylic acids is 1. The van der Waals surface area contributed by atoms with E-state index in [1.165, 1.54) is 14.2 Å². The lowest BCUT2D eigenvalue weighted by molar-refractivity contribution is -0.119. The summed E-state index contributed by atoms with van der Waals surface area (Å²) in [5.41, 5.74) is 1.11. The molecule has 0 atom stereocenters. The van der Waals surface area contributed by atoms with Crippen molar-refractivity contribution in [1.29, 1.82) is 0 Å². The molecule has 0 radical (unpaired) electrons. The van der Waals surface area contributed by atoms with Gasteiger partial charge in [-0.05, 0) is 29.8 Å². The largest absolute Gasteiger partial charge is 0.493 e. The van der Waals surface area contributed by atoms with Gasteiger partial charge in [0.05, 0.1) is 26.2 Å². The summed E-state index contributed by atoms with van der Waals surface area (Å²) in [7, 11) is -0.639. The molecular weight excluding hydrogens is 412 g/mol. The van der Waals surface area contributed by atoms with Crippen molar-refractivity contribution in [3.8, 4) is 23.0 Å². The molecule has 3 rings (SSSR count). The fraction of sp³-hybridized carbons (Fsp3) is 0.350. The zero-order valence-electron chi connectivity index (χ0n) is 17.0. The van der Waals surface area contributed by atoms with Gasteiger partial charge in [0.2, 0.25) is 15.9 Å². The Labute approximate surface area is 175 Å². The minimum atomic E-state index is -3.70. The van der Waals surface area contributed by atoms with Crippen LogP contribution in [0.2, 0.25) is 0 Å². The minimum absolute atomic E-state index is 0.206. The zero-order chi connectivity index (χ0) is 21.7. The summed E-state index contributed by atoms with van der Waals surface area (Å²) in [6.07, 6.45) is 1.05. The molecule has 10 heteroatoms. The SMILES string of the molecule is COc1ccc(CNC(=O)CN(c2ccc3c(c2)OCCO3)S(C)(=O)=O)cc1OC. The molecule has 0 aliphatic carbocycles. The van der Waals surface area contributed by atoms with E-state index >= 15 is 0 Å². The van der Waals surface area contributed by atoms with Gasteiger partial charge in [-0.25, -0.2) is 8.42 Å². The molecule has 1 amide bonds. The van der Waals surface area contributed by atoms with Crippen LogP contribution in [0.4, 0.5) is 5.69 Å². The number of hydrogen-bond acceptors (Lipinski definition) is 7. The highest BCUT2D eigenvalue weighted by Gasteiger charge is 2.23. The highest BCUT2D eigenvalue weighted by Crippen LogP contribution is 2.34. The molecule has 2 aromatic carbocycles. The monoisotopic (exact) mass is 436 g/mol. The smallest absolute Gasteiger partial charge is 0.241 e. The molecule has 30 heavy (non-hydrogen) atoms. The predicted octanol–water partition coefficient (Wildman–Crippen LogP) is 1.56. The van der Waals surface area contributed by atoms with E-state index in [0.29, 0.717) is 41.9 Å². The number of anilines is 1. The first-order valence-electron chi connectivity index (χ1n) is 9.17. The maximum Gasteiger partial charge on any atom is 0.241 e. The van der Waals surface area contributed by atoms with Crippen LogP contribution < -0.4 is 28.6 Å². The highest BCUT2D eigenvalue weighted by atomic mass is 32.2. The molecule has 1 heterocycles. The van der Waals surface area contributed by atoms with Gasteiger partial charge in [-0.15, -0.1) is 0 Å². The molecule has 0 spiro atoms. The standard InChI is InChI=1S/C20H24N2O7S/c1-26-16-6-4-14(10-18(16)27-2)12-21-20(23)13-22(30(3,24)25)15-5-7-17-19(11-15)29-9-8-28-17/h4-7,10-11H,8-9,12-13H2,1-3H3,(H,21,23). The Morgan fingerprint density at radius 2 is 1.73 bits per heavy atom. The summed E-state index contributed by atoms with van der Waals surface area (Å²) in [6, 6.07) is 10.0. The van der Waals surface area contributed by atoms with E-state index in [-0.39, 0.29) is 13.1 Å². The Morgan fingerprint density at radius 3 is 2.40 bits per heavy atom. The molecule has 0 saturated carbocycles. The third-order valence-corrected chi connectivity index (χ3v) is 5.58. The summed E-state index contributed by atoms with van der Waals surface area (Å²) in [5, 5.41) is 2.73. The second-order valence-corrected chi connectivity index (χ2v) is 8.47. The molecule has 1 aliphatic rings. The second-order valence-electron chi connectivity index (χ2n) is 6.56. The number of carbonyl (C=O) groups is 1. The number of ether oxygens (including phenoxy) is 4. The maximum absolute atomic E-state index is 12.5. The van der Waals surface area contributed by atoms with Crippen LogP contribution in [-0.2, 0) is 21.4 Å². The molecule has 0 saturated heterocycles. The molecule has 0 unspecified atom stereocenters. The Hall–Kier alpha value is -3.14. The van der Waals surface area contributed by atoms with E-state index in [1.807, 2.05) is 0 Å². The molecule has 2 aromatic rings. The summed E-state index contributed by atoms with van der Waals surface area (Å²) < 4.78 is 47.0. The molecule has 0 bridgehead atoms. The summed E-state index contributed by atoms with van der Waals surface area (Å²) >= 11 is 0. The minimum Gasteiger partial charge on any atom is -0.493 e. The second kappa shape index (κ2) is 9.12. The first-order valence-corrected chi connectivity index (χ1v) is 11.0. The fourth-order valence-corrected chi connectivity index (χ4v) is 3.81. The van der Waals surface area contributed by atoms with Gasteiger partial charge in [-0.1, -0.05) is 6.07 Å². The molecular formula is C20H24N2O7S. The van der Waals surface area contributed by atoms with E-state index in [4.69, 9.17) is 18.9 Å². The van der Waals surface area contributed by atoms with Gasteiger partial charge >= 0.3 is 0 Å². The average molecular weight is 436 g/mol. The van der Waals surface area contributed by atoms with E-state index in [1.54, 1.807) is 36.4 Å². The van der Waals surface area contributed by atoms with Crippen LogP contribution in [0.15, 0.2) is 36.4 Å². The van der Waals surface area contributed by atoms with E-state index < -0.39 is 15.9 Å². The Kier molecular flexibility index (Phi) is 6.56. The normalized spacial score (nSPS) is 12.8. The number of hydrogen-bond donors (Lipinski definition) is 1. The Balaban J connectivity index is 1.71. The number of benzene rings is 2. The molecule has 0 fully saturated rings. The highest BCUT2D eigenvalue weighted by molar-refractivity contribution is 7.92. The van der Waals surface area contributed by atoms with Crippen molar-refractivity contribution < 1.29 is 32.2 Å². The van der Waals surface area contributed by atoms with Crippen molar-refractivity contribution in [3.05, 3.63) is 42.0 Å². The predicted molar refractivity (Wildman–Crippen MR) is 111 cm³/mol. The number of nitrogens with one attached hydrogen (secondary N) is 1. The van der Waals surface area contributed by atoms with Crippen LogP contribution >= 0.6 is 0 Å². The Bertz CT molecular complexity index is 1020. The molecule has 9 nitrogen and oxygen atoms in total. The summed E-state index contributed by atoms with van der Waals surface area (Å²) in [6.45, 7) is 0.644. The van der Waals surface area contributed by atoms with Gasteiger partial charge < -0.3 is 24.3 Å². The van der Waals surface area contributed by atoms with Crippen LogP contribution in [0, 0.1) is 0 Å². The quantitative estimate of drug-likeness (QED) is 0.670. The lowest BCUT2D eigenvalue weighted by Gasteiger charge is -2.24. The van der Waals surface area contributed by atoms with E-state index in [0.717, 1.165) is 16.1 Å². The van der Waals surface area contributed by atoms with Gasteiger partial charge in [0.1, 0.15) is 19.8 Å². The maximum atomic E-state index is 12.5. The van der Waals surface area contributed by atoms with Crippen LogP contribution in [0.25, 0.3) is 0 Å². The lowest BCUT2D eigenvalue weighted by atomic mass is 10.2. The summed E-state index contributed by atoms with van der Waals surface area (Å²) in [5.74, 6) is 1.65. The number of rotatable bonds is 8. The van der Waals surface area contributed by atoms with Gasteiger partial charge in [0.25, 0.3) is 0 Å². The first-order chi connectivity index (χ1) is 14.3. The van der Waals surface area contributed by atoms with Crippen molar-refractivity contribution in [2.45, 2.75) is 6.54 Å². The van der Waals surface area contributed by atoms with E-state index in [9.17, 15) is 13.2 Å². The third-order valence-electron chi connectivity index (χ3n) is 4.44. The zero-order valence-corrected chi connectivity index (χ0v) is 17.8. The number of nitrogens with zero attached hydrogens (tertiary/aromatic N) is 1. The van der Waals surface area contributed by atoms with Gasteiger partial charge in [0, 0.05) is 12.6 Å². The topological polar surface area (TPSA) is 103 Å². The fourth-order valence-electron chi connectivity index (χ4n) is 2.96. The van der Waals surface area contributed by atoms with Crippen molar-refractivity contribution in [1.82, 2.24) is 5.32 Å². The third kappa shape index (κ3) is 5.07. The van der Waals surface area contributed by atoms with E-state index in [2.05, 4.69) is 5.32 Å². The number of fused-ring (bicyclic) bond motifs is 1. The van der Waals surface area contributed by atoms with Crippen LogP contribution in [-0.4, -0.2) is 54.6 Å². The lowest BCUT2D eigenvalue weighted by Crippen LogP contribution is -2.40. The number of methoxy groups -OCH3 is 2. The average Bonchev–Trinajstić information content (AvgIpc) is 2.74. The molecule has 162 valence electrons. The van der Waals surface area contributed by atoms with Crippen molar-refractivity contribution in [3.63, 3.8) is 0 Å². The van der Waals surface area contributed by atoms with Gasteiger partial charge in [-0.3, -0.25) is 9.10 Å². The van der Waals surface area contributed by atoms with Crippen LogP contribution in [0.5, 0.6) is 23.0 Å². The summed E-state index contributed by atoms with van der Waals surface area (Å²) in [4.78, 5) is 12.5. The van der Waals surface area contributed by atoms with Crippen molar-refractivity contribution in [2.75, 3.05) is 44.5 Å². The number of sulfonamides is 1. The van der Waals surface area contributed by atoms with Crippen molar-refractivity contribution in [2.24, 2.45) is 0 Å². The molecule has 0 aromatic heterocycles. The molecule has 1 aliphatic heterocycles. The number of amides is 1. The van der Waals surface area contributed by atoms with Gasteiger partial charge in [0.15, 0.2) is 23.0 Å². The van der Waals surface area contributed by atoms with Crippen LogP contribution in [0.1, 0.15) is 5.56 Å². The van der Waals surface area contributed by atoms with Crippen molar-refractivity contribution >= 4 is 21.6 Å². The Morgan fingerprint density at radius 1 is 1.03 bits per heavy atom. The molecule has 1 N–H and O–H groups in total. The first kappa shape index (κ1) is 21.6.